The molecule has 0 aromatic heterocycles. The summed E-state index contributed by atoms with van der Waals surface area (Å²) in [5.74, 6) is -0.290. The van der Waals surface area contributed by atoms with Crippen molar-refractivity contribution >= 4 is 5.91 Å². The fourth-order valence-electron chi connectivity index (χ4n) is 1.92. The van der Waals surface area contributed by atoms with E-state index in [2.05, 4.69) is 5.32 Å². The Morgan fingerprint density at radius 1 is 1.24 bits per heavy atom. The average Bonchev–Trinajstić information content (AvgIpc) is 2.94. The zero-order chi connectivity index (χ0) is 15.2. The van der Waals surface area contributed by atoms with Crippen molar-refractivity contribution < 1.29 is 9.53 Å². The van der Waals surface area contributed by atoms with Crippen LogP contribution in [0.15, 0.2) is 53.1 Å². The number of carbonyl (C=O) groups excluding carboxylic acids is 1. The molecule has 3 N–H and O–H groups in total. The fourth-order valence-corrected chi connectivity index (χ4v) is 1.92. The maximum atomic E-state index is 12.2. The van der Waals surface area contributed by atoms with Crippen LogP contribution in [0, 0.1) is 22.7 Å². The third kappa shape index (κ3) is 3.02. The molecular formula is C15H12N4O2. The monoisotopic (exact) mass is 280 g/mol. The number of nitriles is 2. The standard InChI is InChI=1S/C15H12N4O2/c16-8-11(9-17)13(12-6-7-21-14(12)18)19-15(20)10-4-2-1-3-5-10/h1-5H,6-7,18H2,(H,19,20). The molecule has 104 valence electrons. The highest BCUT2D eigenvalue weighted by molar-refractivity contribution is 5.96. The second-order valence-electron chi connectivity index (χ2n) is 4.24. The second kappa shape index (κ2) is 6.27. The first-order valence-electron chi connectivity index (χ1n) is 6.20. The van der Waals surface area contributed by atoms with Gasteiger partial charge in [0.05, 0.1) is 12.3 Å². The van der Waals surface area contributed by atoms with Crippen molar-refractivity contribution in [3.8, 4) is 12.1 Å². The summed E-state index contributed by atoms with van der Waals surface area (Å²) in [6.45, 7) is 0.357. The van der Waals surface area contributed by atoms with Gasteiger partial charge in [0.25, 0.3) is 5.91 Å². The number of ether oxygens (including phenoxy) is 1. The summed E-state index contributed by atoms with van der Waals surface area (Å²) in [4.78, 5) is 12.2. The lowest BCUT2D eigenvalue weighted by molar-refractivity contribution is 0.0966. The van der Waals surface area contributed by atoms with Crippen LogP contribution in [0.3, 0.4) is 0 Å². The first-order valence-corrected chi connectivity index (χ1v) is 6.20. The first kappa shape index (κ1) is 14.2. The molecule has 2 rings (SSSR count). The molecule has 0 saturated heterocycles. The van der Waals surface area contributed by atoms with E-state index in [4.69, 9.17) is 21.0 Å². The van der Waals surface area contributed by atoms with Crippen molar-refractivity contribution in [2.45, 2.75) is 6.42 Å². The second-order valence-corrected chi connectivity index (χ2v) is 4.24. The van der Waals surface area contributed by atoms with Crippen LogP contribution in [0.5, 0.6) is 0 Å². The summed E-state index contributed by atoms with van der Waals surface area (Å²) in [6, 6.07) is 12.0. The van der Waals surface area contributed by atoms with Gasteiger partial charge in [0.15, 0.2) is 11.5 Å². The number of benzene rings is 1. The van der Waals surface area contributed by atoms with Gasteiger partial charge in [-0.2, -0.15) is 10.5 Å². The highest BCUT2D eigenvalue weighted by atomic mass is 16.5. The van der Waals surface area contributed by atoms with E-state index in [0.717, 1.165) is 0 Å². The molecule has 0 spiro atoms. The van der Waals surface area contributed by atoms with Crippen molar-refractivity contribution in [2.24, 2.45) is 5.73 Å². The molecule has 0 bridgehead atoms. The predicted octanol–water partition coefficient (Wildman–Crippen LogP) is 1.31. The summed E-state index contributed by atoms with van der Waals surface area (Å²) < 4.78 is 5.13. The lowest BCUT2D eigenvalue weighted by atomic mass is 10.1. The quantitative estimate of drug-likeness (QED) is 0.810. The molecule has 1 aromatic rings. The normalized spacial score (nSPS) is 12.9. The van der Waals surface area contributed by atoms with Gasteiger partial charge in [-0.1, -0.05) is 18.2 Å². The van der Waals surface area contributed by atoms with Crippen LogP contribution in [-0.2, 0) is 4.74 Å². The predicted molar refractivity (Wildman–Crippen MR) is 73.9 cm³/mol. The summed E-state index contributed by atoms with van der Waals surface area (Å²) in [5, 5.41) is 20.7. The third-order valence-electron chi connectivity index (χ3n) is 2.96. The SMILES string of the molecule is N#CC(C#N)=C(NC(=O)c1ccccc1)C1=C(N)OCC1. The lowest BCUT2D eigenvalue weighted by Gasteiger charge is -2.10. The molecule has 21 heavy (non-hydrogen) atoms. The van der Waals surface area contributed by atoms with Gasteiger partial charge in [0, 0.05) is 17.6 Å². The van der Waals surface area contributed by atoms with E-state index in [9.17, 15) is 4.79 Å². The first-order chi connectivity index (χ1) is 10.2. The van der Waals surface area contributed by atoms with Gasteiger partial charge in [-0.15, -0.1) is 0 Å². The maximum absolute atomic E-state index is 12.2. The molecule has 0 unspecified atom stereocenters. The Labute approximate surface area is 121 Å². The number of nitrogens with zero attached hydrogens (tertiary/aromatic N) is 2. The van der Waals surface area contributed by atoms with Gasteiger partial charge in [0.2, 0.25) is 0 Å². The summed E-state index contributed by atoms with van der Waals surface area (Å²) in [6.07, 6.45) is 0.434. The van der Waals surface area contributed by atoms with E-state index < -0.39 is 5.91 Å². The van der Waals surface area contributed by atoms with Gasteiger partial charge in [-0.05, 0) is 12.1 Å². The van der Waals surface area contributed by atoms with Crippen molar-refractivity contribution in [2.75, 3.05) is 6.61 Å². The van der Waals surface area contributed by atoms with Crippen LogP contribution in [0.2, 0.25) is 0 Å². The van der Waals surface area contributed by atoms with Crippen LogP contribution in [0.1, 0.15) is 16.8 Å². The number of rotatable bonds is 3. The van der Waals surface area contributed by atoms with Gasteiger partial charge in [-0.3, -0.25) is 4.79 Å². The van der Waals surface area contributed by atoms with Gasteiger partial charge in [-0.25, -0.2) is 0 Å². The molecule has 1 heterocycles. The van der Waals surface area contributed by atoms with E-state index in [0.29, 0.717) is 24.2 Å². The molecule has 6 nitrogen and oxygen atoms in total. The topological polar surface area (TPSA) is 112 Å². The van der Waals surface area contributed by atoms with E-state index in [1.807, 2.05) is 0 Å². The molecule has 0 atom stereocenters. The molecule has 1 aliphatic heterocycles. The molecule has 0 fully saturated rings. The molecule has 0 radical (unpaired) electrons. The van der Waals surface area contributed by atoms with Crippen molar-refractivity contribution in [1.29, 1.82) is 10.5 Å². The Morgan fingerprint density at radius 3 is 2.43 bits per heavy atom. The number of nitrogens with one attached hydrogen (secondary N) is 1. The molecule has 0 saturated carbocycles. The summed E-state index contributed by atoms with van der Waals surface area (Å²) in [5.41, 5.74) is 6.49. The van der Waals surface area contributed by atoms with Crippen molar-refractivity contribution in [3.05, 3.63) is 58.6 Å². The number of carbonyl (C=O) groups is 1. The minimum Gasteiger partial charge on any atom is -0.479 e. The summed E-state index contributed by atoms with van der Waals surface area (Å²) in [7, 11) is 0. The zero-order valence-corrected chi connectivity index (χ0v) is 11.1. The Balaban J connectivity index is 2.38. The highest BCUT2D eigenvalue weighted by Crippen LogP contribution is 2.24. The molecule has 0 aliphatic carbocycles. The minimum absolute atomic E-state index is 0.115. The van der Waals surface area contributed by atoms with Crippen LogP contribution < -0.4 is 11.1 Å². The average molecular weight is 280 g/mol. The Hall–Kier alpha value is -3.25. The van der Waals surface area contributed by atoms with Gasteiger partial charge >= 0.3 is 0 Å². The summed E-state index contributed by atoms with van der Waals surface area (Å²) >= 11 is 0. The maximum Gasteiger partial charge on any atom is 0.255 e. The minimum atomic E-state index is -0.416. The number of allylic oxidation sites excluding steroid dienone is 2. The van der Waals surface area contributed by atoms with E-state index in [-0.39, 0.29) is 17.2 Å². The van der Waals surface area contributed by atoms with Crippen molar-refractivity contribution in [3.63, 3.8) is 0 Å². The van der Waals surface area contributed by atoms with E-state index >= 15 is 0 Å². The van der Waals surface area contributed by atoms with E-state index in [1.165, 1.54) is 0 Å². The number of hydrogen-bond donors (Lipinski definition) is 2. The molecule has 1 aliphatic rings. The van der Waals surface area contributed by atoms with Crippen molar-refractivity contribution in [1.82, 2.24) is 5.32 Å². The molecule has 6 heteroatoms. The number of nitrogens with two attached hydrogens (primary N) is 1. The fraction of sp³-hybridized carbons (Fsp3) is 0.133. The lowest BCUT2D eigenvalue weighted by Crippen LogP contribution is -2.25. The van der Waals surface area contributed by atoms with Crippen LogP contribution in [0.25, 0.3) is 0 Å². The molecule has 1 amide bonds. The Morgan fingerprint density at radius 2 is 1.90 bits per heavy atom. The smallest absolute Gasteiger partial charge is 0.255 e. The van der Waals surface area contributed by atoms with Crippen LogP contribution in [0.4, 0.5) is 0 Å². The zero-order valence-electron chi connectivity index (χ0n) is 11.1. The van der Waals surface area contributed by atoms with E-state index in [1.54, 1.807) is 42.5 Å². The van der Waals surface area contributed by atoms with Gasteiger partial charge in [0.1, 0.15) is 12.1 Å². The van der Waals surface area contributed by atoms with Gasteiger partial charge < -0.3 is 15.8 Å². The molecule has 1 aromatic carbocycles. The van der Waals surface area contributed by atoms with Crippen LogP contribution in [-0.4, -0.2) is 12.5 Å². The van der Waals surface area contributed by atoms with Crippen LogP contribution >= 0.6 is 0 Å². The highest BCUT2D eigenvalue weighted by Gasteiger charge is 2.23. The largest absolute Gasteiger partial charge is 0.479 e. The number of hydrogen-bond acceptors (Lipinski definition) is 5. The Bertz CT molecular complexity index is 689. The molecular weight excluding hydrogens is 268 g/mol. The third-order valence-corrected chi connectivity index (χ3v) is 2.96. The Kier molecular flexibility index (Phi) is 4.23. The number of amides is 1.